The first-order valence-corrected chi connectivity index (χ1v) is 8.23. The molecule has 128 valence electrons. The monoisotopic (exact) mass is 330 g/mol. The Balaban J connectivity index is 1.50. The number of nitrogens with zero attached hydrogens (tertiary/aromatic N) is 3. The largest absolute Gasteiger partial charge is 0.479 e. The van der Waals surface area contributed by atoms with E-state index in [1.54, 1.807) is 0 Å². The molecule has 1 unspecified atom stereocenters. The van der Waals surface area contributed by atoms with Gasteiger partial charge in [-0.15, -0.1) is 0 Å². The van der Waals surface area contributed by atoms with Crippen molar-refractivity contribution in [1.82, 2.24) is 14.9 Å². The van der Waals surface area contributed by atoms with Gasteiger partial charge in [0.25, 0.3) is 5.88 Å². The molecule has 6 heteroatoms. The Morgan fingerprint density at radius 3 is 3.00 bits per heavy atom. The van der Waals surface area contributed by atoms with E-state index in [0.29, 0.717) is 11.9 Å². The number of halogens is 1. The molecule has 0 spiro atoms. The highest BCUT2D eigenvalue weighted by molar-refractivity contribution is 5.28. The van der Waals surface area contributed by atoms with Crippen molar-refractivity contribution in [3.63, 3.8) is 0 Å². The zero-order valence-corrected chi connectivity index (χ0v) is 14.1. The SMILES string of the molecule is COc1nc(NCC2CCN(Cc3ccccc3C)C2)ncc1F. The zero-order valence-electron chi connectivity index (χ0n) is 14.1. The Labute approximate surface area is 141 Å². The van der Waals surface area contributed by atoms with E-state index < -0.39 is 5.82 Å². The first kappa shape index (κ1) is 16.6. The van der Waals surface area contributed by atoms with E-state index in [1.807, 2.05) is 0 Å². The lowest BCUT2D eigenvalue weighted by molar-refractivity contribution is 0.318. The predicted molar refractivity (Wildman–Crippen MR) is 91.6 cm³/mol. The molecule has 1 N–H and O–H groups in total. The van der Waals surface area contributed by atoms with Crippen LogP contribution in [0.1, 0.15) is 17.5 Å². The van der Waals surface area contributed by atoms with E-state index in [2.05, 4.69) is 51.4 Å². The van der Waals surface area contributed by atoms with Crippen LogP contribution in [0.25, 0.3) is 0 Å². The highest BCUT2D eigenvalue weighted by Gasteiger charge is 2.23. The van der Waals surface area contributed by atoms with Crippen LogP contribution in [0.3, 0.4) is 0 Å². The summed E-state index contributed by atoms with van der Waals surface area (Å²) in [7, 11) is 1.40. The van der Waals surface area contributed by atoms with Gasteiger partial charge in [-0.3, -0.25) is 4.90 Å². The average molecular weight is 330 g/mol. The van der Waals surface area contributed by atoms with Gasteiger partial charge in [0.05, 0.1) is 13.3 Å². The Kier molecular flexibility index (Phi) is 5.25. The summed E-state index contributed by atoms with van der Waals surface area (Å²) in [5.74, 6) is 0.368. The topological polar surface area (TPSA) is 50.3 Å². The van der Waals surface area contributed by atoms with Crippen LogP contribution < -0.4 is 10.1 Å². The summed E-state index contributed by atoms with van der Waals surface area (Å²) in [6, 6.07) is 8.52. The number of ether oxygens (including phenoxy) is 1. The molecule has 3 rings (SSSR count). The lowest BCUT2D eigenvalue weighted by Crippen LogP contribution is -2.23. The minimum absolute atomic E-state index is 0.0277. The second-order valence-electron chi connectivity index (χ2n) is 6.25. The van der Waals surface area contributed by atoms with Crippen molar-refractivity contribution in [1.29, 1.82) is 0 Å². The van der Waals surface area contributed by atoms with E-state index >= 15 is 0 Å². The van der Waals surface area contributed by atoms with Crippen LogP contribution >= 0.6 is 0 Å². The van der Waals surface area contributed by atoms with Gasteiger partial charge in [-0.05, 0) is 36.9 Å². The summed E-state index contributed by atoms with van der Waals surface area (Å²) in [6.07, 6.45) is 2.27. The van der Waals surface area contributed by atoms with Crippen LogP contribution in [0, 0.1) is 18.7 Å². The van der Waals surface area contributed by atoms with Gasteiger partial charge in [-0.1, -0.05) is 24.3 Å². The maximum atomic E-state index is 13.3. The molecule has 0 saturated carbocycles. The van der Waals surface area contributed by atoms with Crippen molar-refractivity contribution < 1.29 is 9.13 Å². The smallest absolute Gasteiger partial charge is 0.255 e. The van der Waals surface area contributed by atoms with E-state index in [4.69, 9.17) is 4.74 Å². The molecule has 24 heavy (non-hydrogen) atoms. The number of hydrogen-bond donors (Lipinski definition) is 1. The number of aromatic nitrogens is 2. The van der Waals surface area contributed by atoms with Crippen molar-refractivity contribution >= 4 is 5.95 Å². The normalized spacial score (nSPS) is 17.9. The molecule has 1 aromatic carbocycles. The molecule has 0 bridgehead atoms. The number of anilines is 1. The van der Waals surface area contributed by atoms with Crippen LogP contribution in [0.15, 0.2) is 30.5 Å². The van der Waals surface area contributed by atoms with E-state index in [-0.39, 0.29) is 5.88 Å². The van der Waals surface area contributed by atoms with Gasteiger partial charge in [0.2, 0.25) is 11.8 Å². The van der Waals surface area contributed by atoms with Crippen LogP contribution in [0.2, 0.25) is 0 Å². The van der Waals surface area contributed by atoms with Crippen molar-refractivity contribution in [3.05, 3.63) is 47.4 Å². The highest BCUT2D eigenvalue weighted by atomic mass is 19.1. The molecule has 1 aliphatic heterocycles. The second kappa shape index (κ2) is 7.57. The van der Waals surface area contributed by atoms with Crippen molar-refractivity contribution in [2.75, 3.05) is 32.1 Å². The second-order valence-corrected chi connectivity index (χ2v) is 6.25. The van der Waals surface area contributed by atoms with Gasteiger partial charge in [-0.2, -0.15) is 9.37 Å². The molecule has 1 fully saturated rings. The number of benzene rings is 1. The first-order chi connectivity index (χ1) is 11.7. The van der Waals surface area contributed by atoms with Crippen LogP contribution in [0.4, 0.5) is 10.3 Å². The van der Waals surface area contributed by atoms with Crippen LogP contribution in [-0.4, -0.2) is 41.6 Å². The van der Waals surface area contributed by atoms with Crippen molar-refractivity contribution in [2.45, 2.75) is 19.9 Å². The fraction of sp³-hybridized carbons (Fsp3) is 0.444. The molecular formula is C18H23FN4O. The molecule has 1 atom stereocenters. The average Bonchev–Trinajstić information content (AvgIpc) is 3.04. The van der Waals surface area contributed by atoms with Gasteiger partial charge in [0.15, 0.2) is 0 Å². The quantitative estimate of drug-likeness (QED) is 0.883. The van der Waals surface area contributed by atoms with Crippen LogP contribution in [0.5, 0.6) is 5.88 Å². The Morgan fingerprint density at radius 1 is 1.38 bits per heavy atom. The van der Waals surface area contributed by atoms with E-state index in [9.17, 15) is 4.39 Å². The Hall–Kier alpha value is -2.21. The number of nitrogens with one attached hydrogen (secondary N) is 1. The Bertz CT molecular complexity index is 694. The van der Waals surface area contributed by atoms with Gasteiger partial charge in [0.1, 0.15) is 0 Å². The standard InChI is InChI=1S/C18H23FN4O/c1-13-5-3-4-6-15(13)12-23-8-7-14(11-23)9-20-18-21-10-16(19)17(22-18)24-2/h3-6,10,14H,7-9,11-12H2,1-2H3,(H,20,21,22). The number of hydrogen-bond acceptors (Lipinski definition) is 5. The minimum Gasteiger partial charge on any atom is -0.479 e. The maximum Gasteiger partial charge on any atom is 0.255 e. The molecule has 5 nitrogen and oxygen atoms in total. The van der Waals surface area contributed by atoms with Gasteiger partial charge < -0.3 is 10.1 Å². The van der Waals surface area contributed by atoms with Gasteiger partial charge >= 0.3 is 0 Å². The fourth-order valence-electron chi connectivity index (χ4n) is 3.07. The summed E-state index contributed by atoms with van der Waals surface area (Å²) in [6.45, 7) is 6.06. The van der Waals surface area contributed by atoms with Crippen LogP contribution in [-0.2, 0) is 6.54 Å². The van der Waals surface area contributed by atoms with Gasteiger partial charge in [0, 0.05) is 19.6 Å². The van der Waals surface area contributed by atoms with Crippen molar-refractivity contribution in [2.24, 2.45) is 5.92 Å². The van der Waals surface area contributed by atoms with E-state index in [0.717, 1.165) is 38.8 Å². The third-order valence-electron chi connectivity index (χ3n) is 4.48. The molecule has 0 aliphatic carbocycles. The predicted octanol–water partition coefficient (Wildman–Crippen LogP) is 2.87. The summed E-state index contributed by atoms with van der Waals surface area (Å²) in [5, 5.41) is 3.19. The van der Waals surface area contributed by atoms with Gasteiger partial charge in [-0.25, -0.2) is 4.98 Å². The third kappa shape index (κ3) is 4.00. The molecular weight excluding hydrogens is 307 g/mol. The summed E-state index contributed by atoms with van der Waals surface area (Å²) >= 11 is 0. The molecule has 2 aromatic rings. The molecule has 2 heterocycles. The fourth-order valence-corrected chi connectivity index (χ4v) is 3.07. The number of aryl methyl sites for hydroxylation is 1. The number of methoxy groups -OCH3 is 1. The lowest BCUT2D eigenvalue weighted by Gasteiger charge is -2.17. The summed E-state index contributed by atoms with van der Waals surface area (Å²) < 4.78 is 18.2. The lowest BCUT2D eigenvalue weighted by atomic mass is 10.1. The third-order valence-corrected chi connectivity index (χ3v) is 4.48. The van der Waals surface area contributed by atoms with Crippen molar-refractivity contribution in [3.8, 4) is 5.88 Å². The minimum atomic E-state index is -0.548. The molecule has 1 aromatic heterocycles. The summed E-state index contributed by atoms with van der Waals surface area (Å²) in [5.41, 5.74) is 2.73. The molecule has 1 aliphatic rings. The Morgan fingerprint density at radius 2 is 2.21 bits per heavy atom. The maximum absolute atomic E-state index is 13.3. The zero-order chi connectivity index (χ0) is 16.9. The first-order valence-electron chi connectivity index (χ1n) is 8.23. The van der Waals surface area contributed by atoms with E-state index in [1.165, 1.54) is 18.2 Å². The number of likely N-dealkylation sites (tertiary alicyclic amines) is 1. The molecule has 0 radical (unpaired) electrons. The molecule has 0 amide bonds. The summed E-state index contributed by atoms with van der Waals surface area (Å²) in [4.78, 5) is 10.4. The molecule has 1 saturated heterocycles. The number of rotatable bonds is 6. The highest BCUT2D eigenvalue weighted by Crippen LogP contribution is 2.21.